The molecule has 1 heterocycles. The second kappa shape index (κ2) is 7.06. The zero-order valence-electron chi connectivity index (χ0n) is 13.4. The van der Waals surface area contributed by atoms with Crippen molar-refractivity contribution in [2.75, 3.05) is 0 Å². The Morgan fingerprint density at radius 3 is 2.68 bits per heavy atom. The number of nitrogens with zero attached hydrogens (tertiary/aromatic N) is 3. The van der Waals surface area contributed by atoms with Crippen LogP contribution in [0.2, 0.25) is 0 Å². The highest BCUT2D eigenvalue weighted by molar-refractivity contribution is 5.89. The summed E-state index contributed by atoms with van der Waals surface area (Å²) in [6.07, 6.45) is 0.623. The quantitative estimate of drug-likeness (QED) is 0.767. The molecule has 1 aromatic carbocycles. The summed E-state index contributed by atoms with van der Waals surface area (Å²) < 4.78 is 12.8. The van der Waals surface area contributed by atoms with Crippen molar-refractivity contribution in [3.63, 3.8) is 0 Å². The Morgan fingerprint density at radius 1 is 1.27 bits per heavy atom. The van der Waals surface area contributed by atoms with Gasteiger partial charge in [0.15, 0.2) is 0 Å². The summed E-state index contributed by atoms with van der Waals surface area (Å²) in [6, 6.07) is 7.28. The van der Waals surface area contributed by atoms with Crippen molar-refractivity contribution in [3.8, 4) is 11.8 Å². The lowest BCUT2D eigenvalue weighted by Gasteiger charge is -2.10. The van der Waals surface area contributed by atoms with Crippen LogP contribution in [0, 0.1) is 0 Å². The van der Waals surface area contributed by atoms with E-state index in [9.17, 15) is 4.79 Å². The van der Waals surface area contributed by atoms with Crippen molar-refractivity contribution in [2.45, 2.75) is 46.8 Å². The van der Waals surface area contributed by atoms with Crippen LogP contribution in [-0.4, -0.2) is 26.8 Å². The minimum absolute atomic E-state index is 0.160. The smallest absolute Gasteiger partial charge is 0.338 e. The summed E-state index contributed by atoms with van der Waals surface area (Å²) in [5, 5.41) is 8.15. The first kappa shape index (κ1) is 16.0. The summed E-state index contributed by atoms with van der Waals surface area (Å²) in [6.45, 7) is 8.37. The summed E-state index contributed by atoms with van der Waals surface area (Å²) in [7, 11) is 0. The number of aromatic nitrogens is 3. The van der Waals surface area contributed by atoms with E-state index in [4.69, 9.17) is 9.47 Å². The number of hydrogen-bond acceptors (Lipinski definition) is 5. The number of aryl methyl sites for hydroxylation is 1. The minimum Gasteiger partial charge on any atom is -0.459 e. The normalized spacial score (nSPS) is 10.8. The molecule has 0 aliphatic rings. The van der Waals surface area contributed by atoms with Gasteiger partial charge in [-0.05, 0) is 39.0 Å². The number of esters is 1. The Hall–Kier alpha value is -2.37. The van der Waals surface area contributed by atoms with Crippen LogP contribution in [0.15, 0.2) is 24.3 Å². The van der Waals surface area contributed by atoms with Gasteiger partial charge in [-0.2, -0.15) is 0 Å². The minimum atomic E-state index is -0.369. The number of ether oxygens (including phenoxy) is 2. The third-order valence-electron chi connectivity index (χ3n) is 3.05. The first-order chi connectivity index (χ1) is 10.5. The van der Waals surface area contributed by atoms with Crippen molar-refractivity contribution in [1.82, 2.24) is 14.8 Å². The van der Waals surface area contributed by atoms with Gasteiger partial charge < -0.3 is 9.47 Å². The maximum Gasteiger partial charge on any atom is 0.338 e. The lowest BCUT2D eigenvalue weighted by Crippen LogP contribution is -2.11. The van der Waals surface area contributed by atoms with Crippen LogP contribution in [0.5, 0.6) is 11.8 Å². The van der Waals surface area contributed by atoms with Gasteiger partial charge in [-0.1, -0.05) is 18.1 Å². The lowest BCUT2D eigenvalue weighted by atomic mass is 10.2. The summed E-state index contributed by atoms with van der Waals surface area (Å²) in [5.74, 6) is 1.03. The van der Waals surface area contributed by atoms with E-state index < -0.39 is 0 Å². The van der Waals surface area contributed by atoms with E-state index in [-0.39, 0.29) is 12.1 Å². The monoisotopic (exact) mass is 303 g/mol. The molecule has 22 heavy (non-hydrogen) atoms. The molecule has 0 bridgehead atoms. The van der Waals surface area contributed by atoms with Crippen molar-refractivity contribution in [1.29, 1.82) is 0 Å². The molecule has 6 nitrogen and oxygen atoms in total. The Morgan fingerprint density at radius 2 is 2.05 bits per heavy atom. The number of benzene rings is 1. The van der Waals surface area contributed by atoms with Gasteiger partial charge in [0.25, 0.3) is 0 Å². The molecule has 0 saturated carbocycles. The fraction of sp³-hybridized carbons (Fsp3) is 0.438. The zero-order valence-corrected chi connectivity index (χ0v) is 13.4. The highest BCUT2D eigenvalue weighted by atomic mass is 16.5. The fourth-order valence-electron chi connectivity index (χ4n) is 2.05. The molecule has 2 aromatic rings. The average molecular weight is 303 g/mol. The molecular weight excluding hydrogens is 282 g/mol. The first-order valence-corrected chi connectivity index (χ1v) is 7.46. The van der Waals surface area contributed by atoms with Crippen molar-refractivity contribution < 1.29 is 14.3 Å². The van der Waals surface area contributed by atoms with Crippen LogP contribution in [0.3, 0.4) is 0 Å². The maximum atomic E-state index is 11.9. The second-order valence-electron chi connectivity index (χ2n) is 5.08. The number of carbonyl (C=O) groups is 1. The largest absolute Gasteiger partial charge is 0.459 e. The maximum absolute atomic E-state index is 11.9. The van der Waals surface area contributed by atoms with E-state index in [2.05, 4.69) is 10.2 Å². The first-order valence-electron chi connectivity index (χ1n) is 7.46. The molecule has 0 atom stereocenters. The van der Waals surface area contributed by atoms with E-state index in [1.54, 1.807) is 24.3 Å². The molecular formula is C16H21N3O3. The predicted molar refractivity (Wildman–Crippen MR) is 82.1 cm³/mol. The molecule has 2 rings (SSSR count). The zero-order chi connectivity index (χ0) is 16.1. The van der Waals surface area contributed by atoms with E-state index in [0.29, 0.717) is 17.3 Å². The van der Waals surface area contributed by atoms with Crippen molar-refractivity contribution >= 4 is 5.97 Å². The summed E-state index contributed by atoms with van der Waals surface area (Å²) in [4.78, 5) is 11.9. The van der Waals surface area contributed by atoms with Crippen molar-refractivity contribution in [3.05, 3.63) is 35.7 Å². The van der Waals surface area contributed by atoms with Gasteiger partial charge in [0.05, 0.1) is 11.7 Å². The molecule has 0 saturated heterocycles. The molecule has 0 spiro atoms. The summed E-state index contributed by atoms with van der Waals surface area (Å²) >= 11 is 0. The van der Waals surface area contributed by atoms with Crippen LogP contribution in [0.25, 0.3) is 0 Å². The molecule has 0 amide bonds. The Labute approximate surface area is 130 Å². The summed E-state index contributed by atoms with van der Waals surface area (Å²) in [5.41, 5.74) is 0.449. The fourth-order valence-corrected chi connectivity index (χ4v) is 2.05. The van der Waals surface area contributed by atoms with Gasteiger partial charge >= 0.3 is 12.0 Å². The topological polar surface area (TPSA) is 66.2 Å². The molecule has 6 heteroatoms. The van der Waals surface area contributed by atoms with Gasteiger partial charge in [0, 0.05) is 13.0 Å². The highest BCUT2D eigenvalue weighted by Crippen LogP contribution is 2.22. The molecule has 118 valence electrons. The van der Waals surface area contributed by atoms with Gasteiger partial charge in [-0.3, -0.25) is 4.57 Å². The number of carbonyl (C=O) groups excluding carboxylic acids is 1. The van der Waals surface area contributed by atoms with Crippen LogP contribution in [-0.2, 0) is 17.7 Å². The molecule has 0 unspecified atom stereocenters. The van der Waals surface area contributed by atoms with Gasteiger partial charge in [-0.15, -0.1) is 5.10 Å². The van der Waals surface area contributed by atoms with Crippen molar-refractivity contribution in [2.24, 2.45) is 0 Å². The standard InChI is InChI=1S/C16H21N3O3/c1-5-14-17-18-16(19(14)6-2)22-13-9-7-8-12(10-13)15(20)21-11(3)4/h7-11H,5-6H2,1-4H3. The van der Waals surface area contributed by atoms with E-state index >= 15 is 0 Å². The Bertz CT molecular complexity index is 650. The van der Waals surface area contributed by atoms with Crippen LogP contribution in [0.1, 0.15) is 43.9 Å². The lowest BCUT2D eigenvalue weighted by molar-refractivity contribution is 0.0377. The SMILES string of the molecule is CCc1nnc(Oc2cccc(C(=O)OC(C)C)c2)n1CC. The second-order valence-corrected chi connectivity index (χ2v) is 5.08. The Balaban J connectivity index is 2.20. The van der Waals surface area contributed by atoms with E-state index in [0.717, 1.165) is 18.8 Å². The molecule has 0 fully saturated rings. The highest BCUT2D eigenvalue weighted by Gasteiger charge is 2.14. The molecule has 0 radical (unpaired) electrons. The van der Waals surface area contributed by atoms with Crippen LogP contribution >= 0.6 is 0 Å². The van der Waals surface area contributed by atoms with Crippen LogP contribution < -0.4 is 4.74 Å². The third kappa shape index (κ3) is 3.63. The molecule has 0 aliphatic heterocycles. The van der Waals surface area contributed by atoms with Gasteiger partial charge in [0.2, 0.25) is 0 Å². The Kier molecular flexibility index (Phi) is 5.14. The van der Waals surface area contributed by atoms with Gasteiger partial charge in [-0.25, -0.2) is 4.79 Å². The number of hydrogen-bond donors (Lipinski definition) is 0. The molecule has 0 aliphatic carbocycles. The van der Waals surface area contributed by atoms with Crippen LogP contribution in [0.4, 0.5) is 0 Å². The van der Waals surface area contributed by atoms with Gasteiger partial charge in [0.1, 0.15) is 11.6 Å². The molecule has 0 N–H and O–H groups in total. The number of rotatable bonds is 6. The average Bonchev–Trinajstić information content (AvgIpc) is 2.88. The molecule has 1 aromatic heterocycles. The third-order valence-corrected chi connectivity index (χ3v) is 3.05. The van der Waals surface area contributed by atoms with E-state index in [1.807, 2.05) is 32.3 Å². The van der Waals surface area contributed by atoms with E-state index in [1.165, 1.54) is 0 Å². The predicted octanol–water partition coefficient (Wildman–Crippen LogP) is 3.22.